The minimum Gasteiger partial charge on any atom is -0.435 e. The van der Waals surface area contributed by atoms with Crippen LogP contribution in [0, 0.1) is 5.82 Å². The molecule has 0 saturated heterocycles. The predicted molar refractivity (Wildman–Crippen MR) is 91.0 cm³/mol. The van der Waals surface area contributed by atoms with Crippen LogP contribution in [0.15, 0.2) is 57.7 Å². The van der Waals surface area contributed by atoms with E-state index in [-0.39, 0.29) is 24.0 Å². The van der Waals surface area contributed by atoms with Gasteiger partial charge in [-0.2, -0.15) is 18.1 Å². The van der Waals surface area contributed by atoms with E-state index in [9.17, 15) is 18.0 Å². The first kappa shape index (κ1) is 18.4. The molecule has 0 fully saturated rings. The number of tetrazole rings is 1. The fourth-order valence-corrected chi connectivity index (χ4v) is 2.52. The van der Waals surface area contributed by atoms with E-state index in [4.69, 9.17) is 4.42 Å². The first-order valence-electron chi connectivity index (χ1n) is 8.16. The molecule has 0 aliphatic rings. The van der Waals surface area contributed by atoms with Gasteiger partial charge in [0.2, 0.25) is 5.89 Å². The lowest BCUT2D eigenvalue weighted by Crippen LogP contribution is -2.19. The third-order valence-corrected chi connectivity index (χ3v) is 3.83. The van der Waals surface area contributed by atoms with Gasteiger partial charge in [-0.3, -0.25) is 0 Å². The summed E-state index contributed by atoms with van der Waals surface area (Å²) in [5, 5.41) is 15.3. The van der Waals surface area contributed by atoms with E-state index < -0.39 is 18.2 Å². The maximum atomic E-state index is 13.0. The summed E-state index contributed by atoms with van der Waals surface area (Å²) in [6.45, 7) is -3.05. The third-order valence-electron chi connectivity index (χ3n) is 3.83. The summed E-state index contributed by atoms with van der Waals surface area (Å²) in [5.74, 6) is -0.939. The lowest BCUT2D eigenvalue weighted by atomic mass is 10.2. The highest BCUT2D eigenvalue weighted by Crippen LogP contribution is 2.18. The second-order valence-corrected chi connectivity index (χ2v) is 5.72. The van der Waals surface area contributed by atoms with Crippen LogP contribution in [0.3, 0.4) is 0 Å². The monoisotopic (exact) mass is 404 g/mol. The van der Waals surface area contributed by atoms with Gasteiger partial charge in [0.25, 0.3) is 0 Å². The van der Waals surface area contributed by atoms with E-state index in [1.54, 1.807) is 0 Å². The number of ether oxygens (including phenoxy) is 1. The van der Waals surface area contributed by atoms with Crippen molar-refractivity contribution in [1.29, 1.82) is 0 Å². The summed E-state index contributed by atoms with van der Waals surface area (Å²) < 4.78 is 49.3. The summed E-state index contributed by atoms with van der Waals surface area (Å²) in [7, 11) is 0. The zero-order valence-electron chi connectivity index (χ0n) is 14.4. The normalized spacial score (nSPS) is 11.2. The highest BCUT2D eigenvalue weighted by molar-refractivity contribution is 5.51. The Kier molecular flexibility index (Phi) is 4.81. The van der Waals surface area contributed by atoms with E-state index in [0.29, 0.717) is 11.3 Å². The molecule has 2 heterocycles. The highest BCUT2D eigenvalue weighted by Gasteiger charge is 2.15. The maximum absolute atomic E-state index is 13.0. The summed E-state index contributed by atoms with van der Waals surface area (Å²) in [4.78, 5) is 12.1. The van der Waals surface area contributed by atoms with E-state index in [1.807, 2.05) is 0 Å². The smallest absolute Gasteiger partial charge is 0.435 e. The number of rotatable bonds is 6. The molecule has 0 radical (unpaired) electrons. The second kappa shape index (κ2) is 7.58. The van der Waals surface area contributed by atoms with Crippen molar-refractivity contribution in [2.75, 3.05) is 0 Å². The minimum absolute atomic E-state index is 0.0162. The maximum Gasteiger partial charge on any atom is 0.437 e. The Labute approximate surface area is 159 Å². The molecule has 29 heavy (non-hydrogen) atoms. The van der Waals surface area contributed by atoms with Gasteiger partial charge in [0.05, 0.1) is 5.69 Å². The Hall–Kier alpha value is -3.96. The molecule has 9 nitrogen and oxygen atoms in total. The summed E-state index contributed by atoms with van der Waals surface area (Å²) in [6, 6.07) is 10.9. The molecule has 0 spiro atoms. The Morgan fingerprint density at radius 2 is 1.79 bits per heavy atom. The predicted octanol–water partition coefficient (Wildman–Crippen LogP) is 2.27. The van der Waals surface area contributed by atoms with Crippen molar-refractivity contribution in [2.45, 2.75) is 13.2 Å². The quantitative estimate of drug-likeness (QED) is 0.486. The highest BCUT2D eigenvalue weighted by atomic mass is 19.3. The molecule has 2 aromatic heterocycles. The lowest BCUT2D eigenvalue weighted by Gasteiger charge is -2.06. The van der Waals surface area contributed by atoms with Crippen LogP contribution in [0.4, 0.5) is 13.2 Å². The van der Waals surface area contributed by atoms with Gasteiger partial charge in [0.1, 0.15) is 18.1 Å². The number of alkyl halides is 2. The SMILES string of the molecule is O=c1oc(-c2ccc(F)cc2)nn1Cc1nnnn1-c1ccc(OC(F)F)cc1. The molecular weight excluding hydrogens is 393 g/mol. The van der Waals surface area contributed by atoms with Gasteiger partial charge in [0, 0.05) is 5.56 Å². The summed E-state index contributed by atoms with van der Waals surface area (Å²) >= 11 is 0. The summed E-state index contributed by atoms with van der Waals surface area (Å²) in [5.41, 5.74) is 0.887. The van der Waals surface area contributed by atoms with Crippen molar-refractivity contribution in [3.8, 4) is 22.9 Å². The zero-order valence-corrected chi connectivity index (χ0v) is 14.4. The molecule has 0 amide bonds. The second-order valence-electron chi connectivity index (χ2n) is 5.72. The molecule has 12 heteroatoms. The third kappa shape index (κ3) is 4.00. The number of nitrogens with zero attached hydrogens (tertiary/aromatic N) is 6. The van der Waals surface area contributed by atoms with Crippen molar-refractivity contribution >= 4 is 0 Å². The first-order chi connectivity index (χ1) is 14.0. The number of hydrogen-bond donors (Lipinski definition) is 0. The van der Waals surface area contributed by atoms with Gasteiger partial charge < -0.3 is 9.15 Å². The fraction of sp³-hybridized carbons (Fsp3) is 0.118. The van der Waals surface area contributed by atoms with Crippen LogP contribution in [-0.2, 0) is 6.54 Å². The Balaban J connectivity index is 1.58. The first-order valence-corrected chi connectivity index (χ1v) is 8.16. The standard InChI is InChI=1S/C17H11F3N6O3/c18-11-3-1-10(2-4-11)15-22-25(17(27)29-15)9-14-21-23-24-26(14)12-5-7-13(8-6-12)28-16(19)20/h1-8,16H,9H2. The zero-order chi connectivity index (χ0) is 20.4. The molecule has 2 aromatic carbocycles. The van der Waals surface area contributed by atoms with Crippen molar-refractivity contribution in [3.63, 3.8) is 0 Å². The topological polar surface area (TPSA) is 101 Å². The van der Waals surface area contributed by atoms with Crippen LogP contribution in [0.1, 0.15) is 5.82 Å². The molecule has 4 rings (SSSR count). The van der Waals surface area contributed by atoms with Crippen molar-refractivity contribution in [2.24, 2.45) is 0 Å². The van der Waals surface area contributed by atoms with Crippen molar-refractivity contribution in [3.05, 3.63) is 70.7 Å². The van der Waals surface area contributed by atoms with Crippen LogP contribution in [0.25, 0.3) is 17.1 Å². The molecule has 0 saturated carbocycles. The van der Waals surface area contributed by atoms with Gasteiger partial charge in [-0.1, -0.05) is 0 Å². The lowest BCUT2D eigenvalue weighted by molar-refractivity contribution is -0.0498. The molecule has 0 N–H and O–H groups in total. The van der Waals surface area contributed by atoms with Crippen molar-refractivity contribution in [1.82, 2.24) is 30.0 Å². The van der Waals surface area contributed by atoms with Crippen LogP contribution in [0.2, 0.25) is 0 Å². The number of benzene rings is 2. The molecule has 0 unspecified atom stereocenters. The van der Waals surface area contributed by atoms with E-state index >= 15 is 0 Å². The number of aromatic nitrogens is 6. The van der Waals surface area contributed by atoms with Crippen LogP contribution < -0.4 is 10.5 Å². The van der Waals surface area contributed by atoms with Crippen LogP contribution >= 0.6 is 0 Å². The van der Waals surface area contributed by atoms with Gasteiger partial charge in [-0.25, -0.2) is 9.18 Å². The van der Waals surface area contributed by atoms with Crippen LogP contribution in [-0.4, -0.2) is 36.6 Å². The fourth-order valence-electron chi connectivity index (χ4n) is 2.52. The van der Waals surface area contributed by atoms with Crippen LogP contribution in [0.5, 0.6) is 5.75 Å². The molecule has 0 atom stereocenters. The van der Waals surface area contributed by atoms with Gasteiger partial charge in [0.15, 0.2) is 5.82 Å². The molecule has 4 aromatic rings. The Bertz CT molecular complexity index is 1170. The number of hydrogen-bond acceptors (Lipinski definition) is 7. The average Bonchev–Trinajstić information content (AvgIpc) is 3.30. The molecule has 0 aliphatic heterocycles. The van der Waals surface area contributed by atoms with E-state index in [1.165, 1.54) is 53.2 Å². The van der Waals surface area contributed by atoms with Gasteiger partial charge >= 0.3 is 12.4 Å². The molecule has 0 aliphatic carbocycles. The number of halogens is 3. The largest absolute Gasteiger partial charge is 0.437 e. The van der Waals surface area contributed by atoms with Gasteiger partial charge in [-0.15, -0.1) is 10.2 Å². The molecule has 0 bridgehead atoms. The molecular formula is C17H11F3N6O3. The average molecular weight is 404 g/mol. The molecule has 148 valence electrons. The minimum atomic E-state index is -2.93. The van der Waals surface area contributed by atoms with E-state index in [2.05, 4.69) is 25.4 Å². The van der Waals surface area contributed by atoms with Crippen molar-refractivity contribution < 1.29 is 22.3 Å². The Morgan fingerprint density at radius 1 is 1.07 bits per heavy atom. The Morgan fingerprint density at radius 3 is 2.48 bits per heavy atom. The van der Waals surface area contributed by atoms with E-state index in [0.717, 1.165) is 4.68 Å². The van der Waals surface area contributed by atoms with Gasteiger partial charge in [-0.05, 0) is 59.0 Å². The summed E-state index contributed by atoms with van der Waals surface area (Å²) in [6.07, 6.45) is 0.